The Labute approximate surface area is 166 Å². The highest BCUT2D eigenvalue weighted by Gasteiger charge is 2.15. The summed E-state index contributed by atoms with van der Waals surface area (Å²) >= 11 is 4.92. The Morgan fingerprint density at radius 2 is 1.69 bits per heavy atom. The van der Waals surface area contributed by atoms with Crippen molar-refractivity contribution in [3.63, 3.8) is 0 Å². The molecule has 0 aliphatic rings. The molecule has 0 spiro atoms. The molecule has 0 aliphatic heterocycles. The Bertz CT molecular complexity index is 995. The summed E-state index contributed by atoms with van der Waals surface area (Å²) in [4.78, 5) is 5.99. The van der Waals surface area contributed by atoms with Crippen molar-refractivity contribution in [2.45, 2.75) is 25.2 Å². The maximum atomic E-state index is 12.3. The Hall–Kier alpha value is -1.54. The van der Waals surface area contributed by atoms with Crippen LogP contribution < -0.4 is 4.72 Å². The van der Waals surface area contributed by atoms with Gasteiger partial charge in [-0.1, -0.05) is 45.8 Å². The van der Waals surface area contributed by atoms with Gasteiger partial charge in [-0.05, 0) is 44.5 Å². The summed E-state index contributed by atoms with van der Waals surface area (Å²) < 4.78 is 28.2. The van der Waals surface area contributed by atoms with Gasteiger partial charge in [0, 0.05) is 21.5 Å². The first-order chi connectivity index (χ1) is 12.3. The van der Waals surface area contributed by atoms with Crippen LogP contribution in [0, 0.1) is 13.8 Å². The number of halogens is 1. The SMILES string of the molecule is Cc1ccc(-c2nc(C)c(CCNS(=O)(=O)c3ccc(Br)cc3)s2)cc1. The number of rotatable bonds is 6. The minimum Gasteiger partial charge on any atom is -0.241 e. The van der Waals surface area contributed by atoms with Crippen molar-refractivity contribution in [3.05, 3.63) is 69.1 Å². The van der Waals surface area contributed by atoms with E-state index in [4.69, 9.17) is 0 Å². The van der Waals surface area contributed by atoms with E-state index in [-0.39, 0.29) is 4.90 Å². The van der Waals surface area contributed by atoms with Crippen LogP contribution in [0.1, 0.15) is 16.1 Å². The molecule has 1 aromatic heterocycles. The normalized spacial score (nSPS) is 11.7. The van der Waals surface area contributed by atoms with Gasteiger partial charge in [-0.3, -0.25) is 0 Å². The number of benzene rings is 2. The summed E-state index contributed by atoms with van der Waals surface area (Å²) in [5.74, 6) is 0. The van der Waals surface area contributed by atoms with E-state index in [1.54, 1.807) is 35.6 Å². The second kappa shape index (κ2) is 8.00. The number of thiazole rings is 1. The highest BCUT2D eigenvalue weighted by Crippen LogP contribution is 2.28. The third-order valence-electron chi connectivity index (χ3n) is 3.96. The molecule has 0 saturated heterocycles. The molecule has 136 valence electrons. The second-order valence-electron chi connectivity index (χ2n) is 6.00. The monoisotopic (exact) mass is 450 g/mol. The Balaban J connectivity index is 1.66. The van der Waals surface area contributed by atoms with Crippen LogP contribution >= 0.6 is 27.3 Å². The van der Waals surface area contributed by atoms with Crippen molar-refractivity contribution >= 4 is 37.3 Å². The molecule has 1 heterocycles. The fourth-order valence-corrected chi connectivity index (χ4v) is 4.84. The zero-order chi connectivity index (χ0) is 18.7. The third kappa shape index (κ3) is 4.59. The lowest BCUT2D eigenvalue weighted by Gasteiger charge is -2.06. The fourth-order valence-electron chi connectivity index (χ4n) is 2.48. The number of aryl methyl sites for hydroxylation is 2. The topological polar surface area (TPSA) is 59.1 Å². The standard InChI is InChI=1S/C19H19BrN2O2S2/c1-13-3-5-15(6-4-13)19-22-14(2)18(25-19)11-12-21-26(23,24)17-9-7-16(20)8-10-17/h3-10,21H,11-12H2,1-2H3. The molecule has 0 amide bonds. The summed E-state index contributed by atoms with van der Waals surface area (Å²) in [7, 11) is -3.50. The van der Waals surface area contributed by atoms with Crippen LogP contribution in [0.5, 0.6) is 0 Å². The smallest absolute Gasteiger partial charge is 0.240 e. The lowest BCUT2D eigenvalue weighted by molar-refractivity contribution is 0.581. The van der Waals surface area contributed by atoms with Crippen LogP contribution in [0.3, 0.4) is 0 Å². The highest BCUT2D eigenvalue weighted by atomic mass is 79.9. The van der Waals surface area contributed by atoms with Crippen LogP contribution in [0.4, 0.5) is 0 Å². The molecular formula is C19H19BrN2O2S2. The molecule has 0 saturated carbocycles. The van der Waals surface area contributed by atoms with Crippen molar-refractivity contribution in [2.75, 3.05) is 6.54 Å². The van der Waals surface area contributed by atoms with Gasteiger partial charge in [0.1, 0.15) is 5.01 Å². The average molecular weight is 451 g/mol. The molecule has 3 aromatic rings. The van der Waals surface area contributed by atoms with Gasteiger partial charge in [0.15, 0.2) is 0 Å². The van der Waals surface area contributed by atoms with E-state index in [0.29, 0.717) is 13.0 Å². The number of hydrogen-bond donors (Lipinski definition) is 1. The molecule has 4 nitrogen and oxygen atoms in total. The van der Waals surface area contributed by atoms with Crippen molar-refractivity contribution in [3.8, 4) is 10.6 Å². The first-order valence-electron chi connectivity index (χ1n) is 8.14. The summed E-state index contributed by atoms with van der Waals surface area (Å²) in [5.41, 5.74) is 3.25. The van der Waals surface area contributed by atoms with Gasteiger partial charge in [-0.25, -0.2) is 18.1 Å². The summed E-state index contributed by atoms with van der Waals surface area (Å²) in [6.45, 7) is 4.36. The Kier molecular flexibility index (Phi) is 5.92. The van der Waals surface area contributed by atoms with Crippen LogP contribution in [0.15, 0.2) is 57.9 Å². The van der Waals surface area contributed by atoms with Gasteiger partial charge >= 0.3 is 0 Å². The second-order valence-corrected chi connectivity index (χ2v) is 9.76. The van der Waals surface area contributed by atoms with Crippen molar-refractivity contribution in [2.24, 2.45) is 0 Å². The van der Waals surface area contributed by atoms with Gasteiger partial charge in [-0.15, -0.1) is 11.3 Å². The molecule has 3 rings (SSSR count). The van der Waals surface area contributed by atoms with E-state index in [1.807, 2.05) is 6.92 Å². The van der Waals surface area contributed by atoms with E-state index in [1.165, 1.54) is 5.56 Å². The molecule has 0 aliphatic carbocycles. The van der Waals surface area contributed by atoms with E-state index in [0.717, 1.165) is 25.6 Å². The lowest BCUT2D eigenvalue weighted by atomic mass is 10.2. The van der Waals surface area contributed by atoms with Crippen LogP contribution in [0.25, 0.3) is 10.6 Å². The van der Waals surface area contributed by atoms with Crippen LogP contribution in [-0.4, -0.2) is 19.9 Å². The molecule has 26 heavy (non-hydrogen) atoms. The van der Waals surface area contributed by atoms with Crippen LogP contribution in [-0.2, 0) is 16.4 Å². The zero-order valence-electron chi connectivity index (χ0n) is 14.5. The number of nitrogens with one attached hydrogen (secondary N) is 1. The number of nitrogens with zero attached hydrogens (tertiary/aromatic N) is 1. The zero-order valence-corrected chi connectivity index (χ0v) is 17.7. The number of hydrogen-bond acceptors (Lipinski definition) is 4. The maximum absolute atomic E-state index is 12.3. The van der Waals surface area contributed by atoms with Gasteiger partial charge in [0.05, 0.1) is 10.6 Å². The molecule has 0 fully saturated rings. The first-order valence-corrected chi connectivity index (χ1v) is 11.2. The van der Waals surface area contributed by atoms with Gasteiger partial charge in [0.2, 0.25) is 10.0 Å². The van der Waals surface area contributed by atoms with E-state index in [9.17, 15) is 8.42 Å². The van der Waals surface area contributed by atoms with E-state index in [2.05, 4.69) is 56.8 Å². The molecule has 1 N–H and O–H groups in total. The summed E-state index contributed by atoms with van der Waals surface area (Å²) in [6, 6.07) is 14.9. The summed E-state index contributed by atoms with van der Waals surface area (Å²) in [5, 5.41) is 0.966. The minimum atomic E-state index is -3.50. The molecule has 0 bridgehead atoms. The highest BCUT2D eigenvalue weighted by molar-refractivity contribution is 9.10. The first kappa shape index (κ1) is 19.2. The Morgan fingerprint density at radius 1 is 1.04 bits per heavy atom. The van der Waals surface area contributed by atoms with Gasteiger partial charge < -0.3 is 0 Å². The van der Waals surface area contributed by atoms with Gasteiger partial charge in [0.25, 0.3) is 0 Å². The molecule has 7 heteroatoms. The van der Waals surface area contributed by atoms with Crippen molar-refractivity contribution in [1.29, 1.82) is 0 Å². The molecule has 0 radical (unpaired) electrons. The molecule has 0 unspecified atom stereocenters. The predicted molar refractivity (Wildman–Crippen MR) is 110 cm³/mol. The Morgan fingerprint density at radius 3 is 2.35 bits per heavy atom. The summed E-state index contributed by atoms with van der Waals surface area (Å²) in [6.07, 6.45) is 0.616. The number of aromatic nitrogens is 1. The van der Waals surface area contributed by atoms with Gasteiger partial charge in [-0.2, -0.15) is 0 Å². The molecule has 2 aromatic carbocycles. The molecular weight excluding hydrogens is 432 g/mol. The van der Waals surface area contributed by atoms with E-state index >= 15 is 0 Å². The minimum absolute atomic E-state index is 0.266. The fraction of sp³-hybridized carbons (Fsp3) is 0.211. The average Bonchev–Trinajstić information content (AvgIpc) is 2.97. The quantitative estimate of drug-likeness (QED) is 0.591. The lowest BCUT2D eigenvalue weighted by Crippen LogP contribution is -2.25. The van der Waals surface area contributed by atoms with E-state index < -0.39 is 10.0 Å². The van der Waals surface area contributed by atoms with Crippen molar-refractivity contribution < 1.29 is 8.42 Å². The number of sulfonamides is 1. The third-order valence-corrected chi connectivity index (χ3v) is 7.23. The molecule has 0 atom stereocenters. The predicted octanol–water partition coefficient (Wildman–Crippen LogP) is 4.71. The maximum Gasteiger partial charge on any atom is 0.240 e. The largest absolute Gasteiger partial charge is 0.241 e. The van der Waals surface area contributed by atoms with Crippen molar-refractivity contribution in [1.82, 2.24) is 9.71 Å². The van der Waals surface area contributed by atoms with Crippen LogP contribution in [0.2, 0.25) is 0 Å².